The molecule has 0 fully saturated rings. The summed E-state index contributed by atoms with van der Waals surface area (Å²) in [6.07, 6.45) is 1.08. The molecule has 0 saturated heterocycles. The molecule has 6 heteroatoms. The van der Waals surface area contributed by atoms with Crippen LogP contribution >= 0.6 is 0 Å². The van der Waals surface area contributed by atoms with Crippen LogP contribution in [0.15, 0.2) is 29.2 Å². The van der Waals surface area contributed by atoms with Crippen LogP contribution in [-0.2, 0) is 14.7 Å². The zero-order chi connectivity index (χ0) is 11.5. The molecule has 1 aromatic rings. The Morgan fingerprint density at radius 3 is 2.60 bits per heavy atom. The van der Waals surface area contributed by atoms with Gasteiger partial charge in [0.25, 0.3) is 5.91 Å². The molecular weight excluding hydrogens is 218 g/mol. The van der Waals surface area contributed by atoms with E-state index in [1.165, 1.54) is 31.4 Å². The predicted octanol–water partition coefficient (Wildman–Crippen LogP) is 0.381. The first-order chi connectivity index (χ1) is 6.95. The van der Waals surface area contributed by atoms with E-state index in [4.69, 9.17) is 0 Å². The minimum absolute atomic E-state index is 0.103. The van der Waals surface area contributed by atoms with E-state index in [1.54, 1.807) is 0 Å². The van der Waals surface area contributed by atoms with Gasteiger partial charge in [0.1, 0.15) is 0 Å². The number of hydrogen-bond donors (Lipinski definition) is 1. The third-order valence-corrected chi connectivity index (χ3v) is 2.83. The van der Waals surface area contributed by atoms with Crippen LogP contribution in [0.3, 0.4) is 0 Å². The Kier molecular flexibility index (Phi) is 3.43. The molecule has 0 atom stereocenters. The van der Waals surface area contributed by atoms with Gasteiger partial charge >= 0.3 is 0 Å². The number of hydroxylamine groups is 1. The largest absolute Gasteiger partial charge is 0.277 e. The zero-order valence-corrected chi connectivity index (χ0v) is 9.17. The van der Waals surface area contributed by atoms with Gasteiger partial charge in [-0.15, -0.1) is 0 Å². The third-order valence-electron chi connectivity index (χ3n) is 1.72. The standard InChI is InChI=1S/C9H11NO4S/c1-14-10-9(11)7-4-3-5-8(6-7)15(2,12)13/h3-6H,1-2H3,(H,10,11). The molecule has 0 unspecified atom stereocenters. The number of sulfone groups is 1. The molecule has 15 heavy (non-hydrogen) atoms. The van der Waals surface area contributed by atoms with Gasteiger partial charge in [-0.3, -0.25) is 9.63 Å². The van der Waals surface area contributed by atoms with Crippen molar-refractivity contribution in [1.82, 2.24) is 5.48 Å². The summed E-state index contributed by atoms with van der Waals surface area (Å²) in [4.78, 5) is 15.8. The normalized spacial score (nSPS) is 11.1. The molecule has 82 valence electrons. The Morgan fingerprint density at radius 1 is 1.40 bits per heavy atom. The van der Waals surface area contributed by atoms with Crippen molar-refractivity contribution in [2.75, 3.05) is 13.4 Å². The smallest absolute Gasteiger partial charge is 0.274 e. The van der Waals surface area contributed by atoms with Crippen molar-refractivity contribution in [3.63, 3.8) is 0 Å². The van der Waals surface area contributed by atoms with E-state index < -0.39 is 15.7 Å². The molecular formula is C9H11NO4S. The van der Waals surface area contributed by atoms with Crippen molar-refractivity contribution < 1.29 is 18.0 Å². The highest BCUT2D eigenvalue weighted by Gasteiger charge is 2.10. The summed E-state index contributed by atoms with van der Waals surface area (Å²) in [5, 5.41) is 0. The lowest BCUT2D eigenvalue weighted by molar-refractivity contribution is 0.0537. The first-order valence-corrected chi connectivity index (χ1v) is 5.97. The third kappa shape index (κ3) is 3.03. The molecule has 0 aromatic heterocycles. The van der Waals surface area contributed by atoms with E-state index in [9.17, 15) is 13.2 Å². The van der Waals surface area contributed by atoms with Gasteiger partial charge in [0, 0.05) is 11.8 Å². The van der Waals surface area contributed by atoms with Crippen LogP contribution in [0, 0.1) is 0 Å². The molecule has 0 heterocycles. The Hall–Kier alpha value is -1.40. The minimum Gasteiger partial charge on any atom is -0.277 e. The van der Waals surface area contributed by atoms with Crippen LogP contribution in [-0.4, -0.2) is 27.7 Å². The summed E-state index contributed by atoms with van der Waals surface area (Å²) >= 11 is 0. The van der Waals surface area contributed by atoms with Gasteiger partial charge in [-0.25, -0.2) is 13.9 Å². The van der Waals surface area contributed by atoms with Gasteiger partial charge in [0.2, 0.25) is 0 Å². The van der Waals surface area contributed by atoms with Crippen LogP contribution in [0.4, 0.5) is 0 Å². The lowest BCUT2D eigenvalue weighted by Crippen LogP contribution is -2.21. The molecule has 0 aliphatic heterocycles. The molecule has 0 spiro atoms. The van der Waals surface area contributed by atoms with E-state index in [0.29, 0.717) is 0 Å². The summed E-state index contributed by atoms with van der Waals surface area (Å²) in [6, 6.07) is 5.73. The highest BCUT2D eigenvalue weighted by molar-refractivity contribution is 7.90. The van der Waals surface area contributed by atoms with E-state index in [0.717, 1.165) is 6.26 Å². The lowest BCUT2D eigenvalue weighted by Gasteiger charge is -2.03. The molecule has 0 bridgehead atoms. The maximum absolute atomic E-state index is 11.3. The van der Waals surface area contributed by atoms with Gasteiger partial charge in [-0.1, -0.05) is 6.07 Å². The number of hydrogen-bond acceptors (Lipinski definition) is 4. The Morgan fingerprint density at radius 2 is 2.07 bits per heavy atom. The number of carbonyl (C=O) groups excluding carboxylic acids is 1. The van der Waals surface area contributed by atoms with Gasteiger partial charge in [0.15, 0.2) is 9.84 Å². The van der Waals surface area contributed by atoms with Crippen LogP contribution in [0.1, 0.15) is 10.4 Å². The fraction of sp³-hybridized carbons (Fsp3) is 0.222. The van der Waals surface area contributed by atoms with Crippen molar-refractivity contribution in [1.29, 1.82) is 0 Å². The highest BCUT2D eigenvalue weighted by Crippen LogP contribution is 2.11. The van der Waals surface area contributed by atoms with Crippen LogP contribution in [0.5, 0.6) is 0 Å². The van der Waals surface area contributed by atoms with Gasteiger partial charge in [0.05, 0.1) is 12.0 Å². The van der Waals surface area contributed by atoms with Crippen molar-refractivity contribution >= 4 is 15.7 Å². The van der Waals surface area contributed by atoms with E-state index in [1.807, 2.05) is 0 Å². The summed E-state index contributed by atoms with van der Waals surface area (Å²) < 4.78 is 22.4. The molecule has 5 nitrogen and oxygen atoms in total. The van der Waals surface area contributed by atoms with Crippen molar-refractivity contribution in [3.8, 4) is 0 Å². The number of rotatable bonds is 3. The molecule has 1 amide bonds. The summed E-state index contributed by atoms with van der Waals surface area (Å²) in [6.45, 7) is 0. The molecule has 0 saturated carbocycles. The van der Waals surface area contributed by atoms with Gasteiger partial charge in [-0.2, -0.15) is 0 Å². The second-order valence-electron chi connectivity index (χ2n) is 2.94. The number of carbonyl (C=O) groups is 1. The second kappa shape index (κ2) is 4.41. The monoisotopic (exact) mass is 229 g/mol. The number of benzene rings is 1. The summed E-state index contributed by atoms with van der Waals surface area (Å²) in [5.41, 5.74) is 2.34. The number of nitrogens with one attached hydrogen (secondary N) is 1. The van der Waals surface area contributed by atoms with Crippen LogP contribution in [0.25, 0.3) is 0 Å². The molecule has 0 radical (unpaired) electrons. The second-order valence-corrected chi connectivity index (χ2v) is 4.95. The topological polar surface area (TPSA) is 72.5 Å². The van der Waals surface area contributed by atoms with Crippen LogP contribution in [0.2, 0.25) is 0 Å². The average molecular weight is 229 g/mol. The highest BCUT2D eigenvalue weighted by atomic mass is 32.2. The molecule has 1 aromatic carbocycles. The maximum atomic E-state index is 11.3. The van der Waals surface area contributed by atoms with Crippen LogP contribution < -0.4 is 5.48 Å². The number of amides is 1. The molecule has 0 aliphatic carbocycles. The Balaban J connectivity index is 3.09. The fourth-order valence-electron chi connectivity index (χ4n) is 1.02. The fourth-order valence-corrected chi connectivity index (χ4v) is 1.69. The quantitative estimate of drug-likeness (QED) is 0.760. The predicted molar refractivity (Wildman–Crippen MR) is 54.0 cm³/mol. The van der Waals surface area contributed by atoms with Crippen molar-refractivity contribution in [2.24, 2.45) is 0 Å². The molecule has 1 rings (SSSR count). The SMILES string of the molecule is CONC(=O)c1cccc(S(C)(=O)=O)c1. The van der Waals surface area contributed by atoms with Crippen molar-refractivity contribution in [3.05, 3.63) is 29.8 Å². The Bertz CT molecular complexity index is 467. The molecule has 1 N–H and O–H groups in total. The Labute approximate surface area is 87.9 Å². The minimum atomic E-state index is -3.29. The van der Waals surface area contributed by atoms with Gasteiger partial charge < -0.3 is 0 Å². The summed E-state index contributed by atoms with van der Waals surface area (Å²) in [7, 11) is -1.99. The maximum Gasteiger partial charge on any atom is 0.274 e. The first kappa shape index (κ1) is 11.7. The van der Waals surface area contributed by atoms with E-state index in [-0.39, 0.29) is 10.5 Å². The van der Waals surface area contributed by atoms with Crippen molar-refractivity contribution in [2.45, 2.75) is 4.90 Å². The average Bonchev–Trinajstić information content (AvgIpc) is 2.17. The lowest BCUT2D eigenvalue weighted by atomic mass is 10.2. The molecule has 0 aliphatic rings. The first-order valence-electron chi connectivity index (χ1n) is 4.08. The summed E-state index contributed by atoms with van der Waals surface area (Å²) in [5.74, 6) is -0.483. The van der Waals surface area contributed by atoms with Gasteiger partial charge in [-0.05, 0) is 18.2 Å². The van der Waals surface area contributed by atoms with E-state index in [2.05, 4.69) is 10.3 Å². The zero-order valence-electron chi connectivity index (χ0n) is 8.35. The van der Waals surface area contributed by atoms with E-state index >= 15 is 0 Å².